The van der Waals surface area contributed by atoms with Crippen LogP contribution in [0.5, 0.6) is 5.75 Å². The van der Waals surface area contributed by atoms with Gasteiger partial charge in [0.05, 0.1) is 11.1 Å². The molecule has 1 aliphatic heterocycles. The van der Waals surface area contributed by atoms with E-state index in [1.807, 2.05) is 18.2 Å². The van der Waals surface area contributed by atoms with E-state index in [4.69, 9.17) is 13.6 Å². The average molecular weight is 469 g/mol. The van der Waals surface area contributed by atoms with Crippen molar-refractivity contribution in [2.24, 2.45) is 0 Å². The molecule has 0 fully saturated rings. The maximum atomic E-state index is 13.2. The van der Waals surface area contributed by atoms with Crippen LogP contribution in [-0.4, -0.2) is 18.2 Å². The number of hydrogen-bond donors (Lipinski definition) is 0. The number of rotatable bonds is 4. The van der Waals surface area contributed by atoms with Gasteiger partial charge in [0.1, 0.15) is 29.5 Å². The van der Waals surface area contributed by atoms with E-state index in [0.29, 0.717) is 53.2 Å². The fraction of sp³-hybridized carbons (Fsp3) is 0.143. The topological polar surface area (TPSA) is 72.9 Å². The van der Waals surface area contributed by atoms with Gasteiger partial charge in [0.15, 0.2) is 0 Å². The molecule has 3 heterocycles. The first-order valence-electron chi connectivity index (χ1n) is 11.3. The molecule has 0 aliphatic carbocycles. The second kappa shape index (κ2) is 8.52. The third kappa shape index (κ3) is 4.00. The number of nitrogens with zero attached hydrogens (tertiary/aromatic N) is 1. The Hall–Kier alpha value is -4.23. The van der Waals surface area contributed by atoms with Gasteiger partial charge in [0.2, 0.25) is 0 Å². The van der Waals surface area contributed by atoms with Crippen LogP contribution in [0.4, 0.5) is 4.39 Å². The minimum Gasteiger partial charge on any atom is -0.478 e. The SMILES string of the molecule is O=c1cc(-c2cc3ccccc3oc2=O)c2ccc3c(c2o1)CN(CCc1ccc(F)cc1)CO3. The second-order valence-electron chi connectivity index (χ2n) is 8.59. The van der Waals surface area contributed by atoms with Gasteiger partial charge in [0.25, 0.3) is 0 Å². The summed E-state index contributed by atoms with van der Waals surface area (Å²) in [5.41, 5.74) is 2.32. The highest BCUT2D eigenvalue weighted by Gasteiger charge is 2.23. The summed E-state index contributed by atoms with van der Waals surface area (Å²) in [6, 6.07) is 20.4. The van der Waals surface area contributed by atoms with E-state index in [-0.39, 0.29) is 5.82 Å². The number of benzene rings is 3. The molecule has 5 aromatic rings. The summed E-state index contributed by atoms with van der Waals surface area (Å²) in [6.45, 7) is 1.57. The molecule has 3 aromatic carbocycles. The third-order valence-electron chi connectivity index (χ3n) is 6.32. The third-order valence-corrected chi connectivity index (χ3v) is 6.32. The van der Waals surface area contributed by atoms with Crippen LogP contribution in [0.1, 0.15) is 11.1 Å². The highest BCUT2D eigenvalue weighted by atomic mass is 19.1. The normalized spacial score (nSPS) is 13.6. The minimum atomic E-state index is -0.558. The molecule has 0 N–H and O–H groups in total. The van der Waals surface area contributed by atoms with Crippen LogP contribution in [-0.2, 0) is 13.0 Å². The molecule has 2 aromatic heterocycles. The Balaban J connectivity index is 1.39. The average Bonchev–Trinajstić information content (AvgIpc) is 2.87. The molecule has 174 valence electrons. The van der Waals surface area contributed by atoms with E-state index in [9.17, 15) is 14.0 Å². The van der Waals surface area contributed by atoms with Crippen LogP contribution in [0, 0.1) is 5.82 Å². The first-order valence-corrected chi connectivity index (χ1v) is 11.3. The largest absolute Gasteiger partial charge is 0.478 e. The molecule has 6 nitrogen and oxygen atoms in total. The van der Waals surface area contributed by atoms with Crippen molar-refractivity contribution in [3.63, 3.8) is 0 Å². The Morgan fingerprint density at radius 2 is 1.71 bits per heavy atom. The zero-order chi connectivity index (χ0) is 23.9. The Morgan fingerprint density at radius 3 is 2.57 bits per heavy atom. The highest BCUT2D eigenvalue weighted by molar-refractivity contribution is 5.97. The van der Waals surface area contributed by atoms with Crippen molar-refractivity contribution in [1.29, 1.82) is 0 Å². The molecule has 35 heavy (non-hydrogen) atoms. The van der Waals surface area contributed by atoms with Crippen molar-refractivity contribution in [2.45, 2.75) is 13.0 Å². The molecule has 0 spiro atoms. The lowest BCUT2D eigenvalue weighted by Crippen LogP contribution is -2.33. The molecule has 0 saturated carbocycles. The number of halogens is 1. The summed E-state index contributed by atoms with van der Waals surface area (Å²) < 4.78 is 30.3. The first kappa shape index (κ1) is 21.3. The predicted octanol–water partition coefficient (Wildman–Crippen LogP) is 5.10. The standard InChI is InChI=1S/C28H20FNO5/c29-19-7-5-17(6-8-19)11-12-30-15-23-25(33-16-30)10-9-20-21(14-26(31)35-27(20)23)22-13-18-3-1-2-4-24(18)34-28(22)32/h1-10,13-14H,11-12,15-16H2. The number of ether oxygens (including phenoxy) is 1. The molecule has 6 rings (SSSR count). The highest BCUT2D eigenvalue weighted by Crippen LogP contribution is 2.36. The molecule has 0 radical (unpaired) electrons. The van der Waals surface area contributed by atoms with Gasteiger partial charge < -0.3 is 13.6 Å². The second-order valence-corrected chi connectivity index (χ2v) is 8.59. The molecule has 0 saturated heterocycles. The maximum absolute atomic E-state index is 13.2. The lowest BCUT2D eigenvalue weighted by Gasteiger charge is -2.29. The Bertz CT molecular complexity index is 1690. The van der Waals surface area contributed by atoms with Crippen molar-refractivity contribution in [3.05, 3.63) is 111 Å². The van der Waals surface area contributed by atoms with Crippen LogP contribution < -0.4 is 16.0 Å². The Morgan fingerprint density at radius 1 is 0.886 bits per heavy atom. The predicted molar refractivity (Wildman–Crippen MR) is 130 cm³/mol. The summed E-state index contributed by atoms with van der Waals surface area (Å²) in [7, 11) is 0. The van der Waals surface area contributed by atoms with Crippen LogP contribution in [0.2, 0.25) is 0 Å². The summed E-state index contributed by atoms with van der Waals surface area (Å²) in [4.78, 5) is 27.5. The zero-order valence-electron chi connectivity index (χ0n) is 18.6. The molecule has 0 amide bonds. The van der Waals surface area contributed by atoms with Gasteiger partial charge in [-0.25, -0.2) is 14.0 Å². The van der Waals surface area contributed by atoms with E-state index in [1.54, 1.807) is 36.4 Å². The van der Waals surface area contributed by atoms with Crippen molar-refractivity contribution in [1.82, 2.24) is 4.90 Å². The molecule has 0 bridgehead atoms. The van der Waals surface area contributed by atoms with E-state index in [2.05, 4.69) is 4.90 Å². The van der Waals surface area contributed by atoms with Gasteiger partial charge in [-0.2, -0.15) is 0 Å². The van der Waals surface area contributed by atoms with Gasteiger partial charge in [-0.05, 0) is 48.4 Å². The molecule has 0 atom stereocenters. The van der Waals surface area contributed by atoms with E-state index in [0.717, 1.165) is 22.9 Å². The summed E-state index contributed by atoms with van der Waals surface area (Å²) >= 11 is 0. The summed E-state index contributed by atoms with van der Waals surface area (Å²) in [5.74, 6) is 0.378. The summed E-state index contributed by atoms with van der Waals surface area (Å²) in [5, 5.41) is 1.40. The van der Waals surface area contributed by atoms with Gasteiger partial charge in [-0.15, -0.1) is 0 Å². The van der Waals surface area contributed by atoms with Crippen molar-refractivity contribution in [2.75, 3.05) is 13.3 Å². The maximum Gasteiger partial charge on any atom is 0.344 e. The van der Waals surface area contributed by atoms with Gasteiger partial charge in [-0.1, -0.05) is 30.3 Å². The van der Waals surface area contributed by atoms with Crippen LogP contribution in [0.25, 0.3) is 33.1 Å². The number of hydrogen-bond acceptors (Lipinski definition) is 6. The summed E-state index contributed by atoms with van der Waals surface area (Å²) in [6.07, 6.45) is 0.719. The Kier molecular flexibility index (Phi) is 5.19. The van der Waals surface area contributed by atoms with E-state index < -0.39 is 11.3 Å². The van der Waals surface area contributed by atoms with Gasteiger partial charge >= 0.3 is 11.3 Å². The van der Waals surface area contributed by atoms with E-state index >= 15 is 0 Å². The van der Waals surface area contributed by atoms with Crippen LogP contribution >= 0.6 is 0 Å². The fourth-order valence-electron chi connectivity index (χ4n) is 4.53. The van der Waals surface area contributed by atoms with E-state index in [1.165, 1.54) is 18.2 Å². The van der Waals surface area contributed by atoms with Gasteiger partial charge in [0, 0.05) is 35.5 Å². The monoisotopic (exact) mass is 469 g/mol. The molecule has 1 aliphatic rings. The van der Waals surface area contributed by atoms with Crippen LogP contribution in [0.15, 0.2) is 91.2 Å². The minimum absolute atomic E-state index is 0.262. The number of para-hydroxylation sites is 1. The molecule has 0 unspecified atom stereocenters. The number of fused-ring (bicyclic) bond motifs is 4. The quantitative estimate of drug-likeness (QED) is 0.341. The van der Waals surface area contributed by atoms with Crippen molar-refractivity contribution < 1.29 is 18.0 Å². The lowest BCUT2D eigenvalue weighted by molar-refractivity contribution is 0.0968. The zero-order valence-corrected chi connectivity index (χ0v) is 18.6. The smallest absolute Gasteiger partial charge is 0.344 e. The first-order chi connectivity index (χ1) is 17.0. The molecule has 7 heteroatoms. The molecular weight excluding hydrogens is 449 g/mol. The fourth-order valence-corrected chi connectivity index (χ4v) is 4.53. The van der Waals surface area contributed by atoms with Crippen molar-refractivity contribution >= 4 is 21.9 Å². The van der Waals surface area contributed by atoms with Gasteiger partial charge in [-0.3, -0.25) is 4.90 Å². The Labute approximate surface area is 198 Å². The molecular formula is C28H20FNO5. The van der Waals surface area contributed by atoms with Crippen molar-refractivity contribution in [3.8, 4) is 16.9 Å². The lowest BCUT2D eigenvalue weighted by atomic mass is 9.99. The van der Waals surface area contributed by atoms with Crippen LogP contribution in [0.3, 0.4) is 0 Å².